The van der Waals surface area contributed by atoms with Crippen molar-refractivity contribution in [1.29, 1.82) is 5.26 Å². The highest BCUT2D eigenvalue weighted by Gasteiger charge is 2.24. The zero-order valence-electron chi connectivity index (χ0n) is 10.0. The van der Waals surface area contributed by atoms with Gasteiger partial charge in [-0.3, -0.25) is 0 Å². The zero-order valence-corrected chi connectivity index (χ0v) is 10.0. The second-order valence-electron chi connectivity index (χ2n) is 4.73. The van der Waals surface area contributed by atoms with Gasteiger partial charge in [0.15, 0.2) is 0 Å². The quantitative estimate of drug-likeness (QED) is 0.808. The molecule has 1 atom stereocenters. The number of hydrogen-bond acceptors (Lipinski definition) is 2. The van der Waals surface area contributed by atoms with Crippen LogP contribution in [0.4, 0.5) is 0 Å². The predicted molar refractivity (Wildman–Crippen MR) is 65.6 cm³/mol. The molecule has 0 spiro atoms. The molecule has 1 fully saturated rings. The Morgan fingerprint density at radius 1 is 1.18 bits per heavy atom. The summed E-state index contributed by atoms with van der Waals surface area (Å²) in [5.74, 6) is 0.247. The van der Waals surface area contributed by atoms with E-state index in [9.17, 15) is 10.4 Å². The van der Waals surface area contributed by atoms with E-state index in [0.29, 0.717) is 0 Å². The summed E-state index contributed by atoms with van der Waals surface area (Å²) in [6.07, 6.45) is 4.96. The molecule has 90 valence electrons. The maximum atomic E-state index is 9.49. The molecule has 2 rings (SSSR count). The fraction of sp³-hybridized carbons (Fsp3) is 0.500. The van der Waals surface area contributed by atoms with Crippen LogP contribution < -0.4 is 4.90 Å². The number of rotatable bonds is 2. The van der Waals surface area contributed by atoms with E-state index in [2.05, 4.69) is 6.07 Å². The molecule has 0 aliphatic carbocycles. The molecule has 0 unspecified atom stereocenters. The average molecular weight is 231 g/mol. The van der Waals surface area contributed by atoms with Crippen molar-refractivity contribution in [2.45, 2.75) is 31.7 Å². The number of nitrogens with one attached hydrogen (secondary N) is 1. The van der Waals surface area contributed by atoms with Gasteiger partial charge in [-0.2, -0.15) is 5.26 Å². The molecule has 2 N–H and O–H groups in total. The molecule has 3 nitrogen and oxygen atoms in total. The lowest BCUT2D eigenvalue weighted by Crippen LogP contribution is -3.12. The third kappa shape index (κ3) is 2.98. The Balaban J connectivity index is 2.18. The van der Waals surface area contributed by atoms with Crippen LogP contribution in [0.2, 0.25) is 0 Å². The standard InChI is InChI=1S/C14H18N2O/c15-11-14(12-6-5-7-13(17)10-12)16-8-3-1-2-4-9-16/h5-7,10,14,17H,1-4,8-9H2/p+1/t14-/m0/s1. The number of aromatic hydroxyl groups is 1. The van der Waals surface area contributed by atoms with Gasteiger partial charge in [-0.25, -0.2) is 0 Å². The first kappa shape index (κ1) is 11.9. The Kier molecular flexibility index (Phi) is 4.00. The summed E-state index contributed by atoms with van der Waals surface area (Å²) in [6, 6.07) is 9.37. The topological polar surface area (TPSA) is 48.5 Å². The fourth-order valence-electron chi connectivity index (χ4n) is 2.58. The zero-order chi connectivity index (χ0) is 12.1. The molecule has 1 aliphatic rings. The Morgan fingerprint density at radius 2 is 1.88 bits per heavy atom. The smallest absolute Gasteiger partial charge is 0.200 e. The molecule has 0 saturated carbocycles. The minimum Gasteiger partial charge on any atom is -0.508 e. The van der Waals surface area contributed by atoms with Crippen LogP contribution in [0.15, 0.2) is 24.3 Å². The molecule has 0 bridgehead atoms. The highest BCUT2D eigenvalue weighted by atomic mass is 16.3. The lowest BCUT2D eigenvalue weighted by molar-refractivity contribution is -0.922. The summed E-state index contributed by atoms with van der Waals surface area (Å²) in [6.45, 7) is 2.13. The number of nitrogens with zero attached hydrogens (tertiary/aromatic N) is 1. The van der Waals surface area contributed by atoms with Crippen molar-refractivity contribution in [2.75, 3.05) is 13.1 Å². The van der Waals surface area contributed by atoms with Crippen LogP contribution in [0.3, 0.4) is 0 Å². The van der Waals surface area contributed by atoms with E-state index in [-0.39, 0.29) is 11.8 Å². The molecule has 3 heteroatoms. The van der Waals surface area contributed by atoms with Gasteiger partial charge >= 0.3 is 0 Å². The molecule has 1 aliphatic heterocycles. The van der Waals surface area contributed by atoms with E-state index < -0.39 is 0 Å². The van der Waals surface area contributed by atoms with Crippen LogP contribution >= 0.6 is 0 Å². The van der Waals surface area contributed by atoms with Gasteiger partial charge in [0.05, 0.1) is 13.1 Å². The van der Waals surface area contributed by atoms with Crippen molar-refractivity contribution < 1.29 is 10.0 Å². The van der Waals surface area contributed by atoms with E-state index in [1.165, 1.54) is 30.6 Å². The molecule has 0 aromatic heterocycles. The third-order valence-corrected chi connectivity index (χ3v) is 3.49. The minimum absolute atomic E-state index is 0.139. The first-order valence-corrected chi connectivity index (χ1v) is 6.34. The molecular formula is C14H19N2O+. The van der Waals surface area contributed by atoms with Crippen LogP contribution in [-0.4, -0.2) is 18.2 Å². The lowest BCUT2D eigenvalue weighted by atomic mass is 10.1. The van der Waals surface area contributed by atoms with E-state index in [1.54, 1.807) is 12.1 Å². The maximum absolute atomic E-state index is 9.49. The normalized spacial score (nSPS) is 19.2. The Labute approximate surface area is 102 Å². The van der Waals surface area contributed by atoms with Gasteiger partial charge in [0.25, 0.3) is 0 Å². The van der Waals surface area contributed by atoms with Crippen molar-refractivity contribution >= 4 is 0 Å². The molecule has 1 heterocycles. The number of nitriles is 1. The number of likely N-dealkylation sites (tertiary alicyclic amines) is 1. The summed E-state index contributed by atoms with van der Waals surface area (Å²) in [4.78, 5) is 1.34. The van der Waals surface area contributed by atoms with Crippen molar-refractivity contribution in [2.24, 2.45) is 0 Å². The summed E-state index contributed by atoms with van der Waals surface area (Å²) >= 11 is 0. The SMILES string of the molecule is N#C[C@@H](c1cccc(O)c1)[NH+]1CCCCCC1. The van der Waals surface area contributed by atoms with Crippen molar-refractivity contribution in [3.63, 3.8) is 0 Å². The van der Waals surface area contributed by atoms with Gasteiger partial charge in [-0.1, -0.05) is 12.1 Å². The summed E-state index contributed by atoms with van der Waals surface area (Å²) in [7, 11) is 0. The summed E-state index contributed by atoms with van der Waals surface area (Å²) < 4.78 is 0. The van der Waals surface area contributed by atoms with E-state index in [4.69, 9.17) is 0 Å². The largest absolute Gasteiger partial charge is 0.508 e. The van der Waals surface area contributed by atoms with Gasteiger partial charge in [-0.15, -0.1) is 0 Å². The summed E-state index contributed by atoms with van der Waals surface area (Å²) in [5.41, 5.74) is 0.935. The molecule has 0 amide bonds. The van der Waals surface area contributed by atoms with Crippen LogP contribution in [-0.2, 0) is 0 Å². The Hall–Kier alpha value is -1.53. The highest BCUT2D eigenvalue weighted by molar-refractivity contribution is 5.30. The second-order valence-corrected chi connectivity index (χ2v) is 4.73. The number of quaternary nitrogens is 1. The van der Waals surface area contributed by atoms with Crippen LogP contribution in [0.25, 0.3) is 0 Å². The Morgan fingerprint density at radius 3 is 2.47 bits per heavy atom. The van der Waals surface area contributed by atoms with Crippen molar-refractivity contribution in [3.05, 3.63) is 29.8 Å². The van der Waals surface area contributed by atoms with Gasteiger partial charge in [0.1, 0.15) is 11.8 Å². The van der Waals surface area contributed by atoms with E-state index >= 15 is 0 Å². The van der Waals surface area contributed by atoms with Gasteiger partial charge in [0, 0.05) is 5.56 Å². The number of benzene rings is 1. The fourth-order valence-corrected chi connectivity index (χ4v) is 2.58. The van der Waals surface area contributed by atoms with Crippen molar-refractivity contribution in [1.82, 2.24) is 0 Å². The molecule has 1 aromatic rings. The maximum Gasteiger partial charge on any atom is 0.200 e. The van der Waals surface area contributed by atoms with Crippen LogP contribution in [0, 0.1) is 11.3 Å². The first-order valence-electron chi connectivity index (χ1n) is 6.34. The van der Waals surface area contributed by atoms with E-state index in [0.717, 1.165) is 18.7 Å². The van der Waals surface area contributed by atoms with Gasteiger partial charge in [0.2, 0.25) is 6.04 Å². The molecular weight excluding hydrogens is 212 g/mol. The molecule has 17 heavy (non-hydrogen) atoms. The average Bonchev–Trinajstić information content (AvgIpc) is 2.59. The van der Waals surface area contributed by atoms with Gasteiger partial charge in [-0.05, 0) is 37.8 Å². The van der Waals surface area contributed by atoms with E-state index in [1.807, 2.05) is 12.1 Å². The Bertz CT molecular complexity index is 403. The van der Waals surface area contributed by atoms with Gasteiger partial charge < -0.3 is 10.0 Å². The van der Waals surface area contributed by atoms with Crippen molar-refractivity contribution in [3.8, 4) is 11.8 Å². The van der Waals surface area contributed by atoms with Crippen LogP contribution in [0.5, 0.6) is 5.75 Å². The monoisotopic (exact) mass is 231 g/mol. The first-order chi connectivity index (χ1) is 8.31. The number of phenols is 1. The lowest BCUT2D eigenvalue weighted by Gasteiger charge is -2.22. The highest BCUT2D eigenvalue weighted by Crippen LogP contribution is 2.16. The minimum atomic E-state index is -0.139. The summed E-state index contributed by atoms with van der Waals surface area (Å²) in [5, 5.41) is 18.9. The van der Waals surface area contributed by atoms with Crippen LogP contribution in [0.1, 0.15) is 37.3 Å². The predicted octanol–water partition coefficient (Wildman–Crippen LogP) is 1.42. The second kappa shape index (κ2) is 5.70. The molecule has 1 saturated heterocycles. The molecule has 1 aromatic carbocycles. The third-order valence-electron chi connectivity index (χ3n) is 3.49. The number of hydrogen-bond donors (Lipinski definition) is 2. The number of phenolic OH excluding ortho intramolecular Hbond substituents is 1. The molecule has 0 radical (unpaired) electrons.